The number of fused-ring (bicyclic) bond motifs is 1. The average molecular weight is 434 g/mol. The van der Waals surface area contributed by atoms with Crippen LogP contribution in [0.25, 0.3) is 0 Å². The van der Waals surface area contributed by atoms with Gasteiger partial charge < -0.3 is 15.1 Å². The number of carbonyl (C=O) groups excluding carboxylic acids is 1. The summed E-state index contributed by atoms with van der Waals surface area (Å²) >= 11 is 0. The van der Waals surface area contributed by atoms with E-state index in [0.717, 1.165) is 37.1 Å². The van der Waals surface area contributed by atoms with Gasteiger partial charge in [-0.1, -0.05) is 24.0 Å². The number of hydrogen-bond acceptors (Lipinski definition) is 5. The molecule has 0 radical (unpaired) electrons. The monoisotopic (exact) mass is 433 g/mol. The summed E-state index contributed by atoms with van der Waals surface area (Å²) in [4.78, 5) is 21.5. The van der Waals surface area contributed by atoms with Crippen molar-refractivity contribution in [1.29, 1.82) is 0 Å². The Bertz CT molecular complexity index is 989. The highest BCUT2D eigenvalue weighted by atomic mass is 16.3. The van der Waals surface area contributed by atoms with E-state index in [0.29, 0.717) is 12.1 Å². The molecule has 0 aliphatic carbocycles. The maximum Gasteiger partial charge on any atom is 0.254 e. The minimum absolute atomic E-state index is 0.0395. The third-order valence-corrected chi connectivity index (χ3v) is 6.39. The number of carbonyl (C=O) groups is 1. The number of aliphatic hydroxyl groups is 2. The van der Waals surface area contributed by atoms with Gasteiger partial charge >= 0.3 is 0 Å². The predicted octanol–water partition coefficient (Wildman–Crippen LogP) is 2.27. The molecule has 1 amide bonds. The molecule has 2 aliphatic heterocycles. The van der Waals surface area contributed by atoms with Gasteiger partial charge in [0.25, 0.3) is 5.91 Å². The van der Waals surface area contributed by atoms with Gasteiger partial charge in [-0.25, -0.2) is 0 Å². The summed E-state index contributed by atoms with van der Waals surface area (Å²) in [6.07, 6.45) is 5.27. The van der Waals surface area contributed by atoms with Crippen LogP contribution in [-0.4, -0.2) is 74.8 Å². The van der Waals surface area contributed by atoms with Crippen LogP contribution in [0.4, 0.5) is 0 Å². The molecular formula is C26H31N3O3. The van der Waals surface area contributed by atoms with E-state index in [2.05, 4.69) is 33.9 Å². The van der Waals surface area contributed by atoms with Crippen molar-refractivity contribution in [2.45, 2.75) is 50.3 Å². The summed E-state index contributed by atoms with van der Waals surface area (Å²) in [6, 6.07) is 11.8. The van der Waals surface area contributed by atoms with Crippen molar-refractivity contribution in [1.82, 2.24) is 14.8 Å². The van der Waals surface area contributed by atoms with Crippen LogP contribution >= 0.6 is 0 Å². The van der Waals surface area contributed by atoms with Crippen molar-refractivity contribution in [2.24, 2.45) is 0 Å². The lowest BCUT2D eigenvalue weighted by atomic mass is 9.74. The molecule has 4 rings (SSSR count). The Hall–Kier alpha value is -2.72. The molecule has 2 N–H and O–H groups in total. The molecule has 1 aromatic carbocycles. The highest BCUT2D eigenvalue weighted by Crippen LogP contribution is 2.42. The topological polar surface area (TPSA) is 76.9 Å². The van der Waals surface area contributed by atoms with Gasteiger partial charge in [0.05, 0.1) is 6.61 Å². The minimum Gasteiger partial charge on any atom is -0.395 e. The van der Waals surface area contributed by atoms with Crippen LogP contribution in [0.3, 0.4) is 0 Å². The molecule has 6 nitrogen and oxygen atoms in total. The van der Waals surface area contributed by atoms with Crippen molar-refractivity contribution in [3.8, 4) is 11.8 Å². The molecule has 168 valence electrons. The number of aliphatic hydroxyl groups excluding tert-OH is 1. The number of aromatic nitrogens is 1. The van der Waals surface area contributed by atoms with Gasteiger partial charge in [0, 0.05) is 54.6 Å². The standard InChI is InChI=1S/C26H31N3O3/c1-26(2,32)12-9-19-5-7-20(8-6-19)24-22-17-28(25(31)21-10-13-27-14-11-21)15-3-4-16-29(22)23(24)18-30/h5-8,10-11,13-14,22-24,30,32H,3-4,15-18H2,1-2H3/t22-,23-,24-/m1/s1. The quantitative estimate of drug-likeness (QED) is 0.727. The van der Waals surface area contributed by atoms with Crippen molar-refractivity contribution in [3.05, 3.63) is 65.5 Å². The highest BCUT2D eigenvalue weighted by Gasteiger charge is 2.49. The second-order valence-corrected chi connectivity index (χ2v) is 9.21. The van der Waals surface area contributed by atoms with E-state index in [1.807, 2.05) is 17.0 Å². The number of benzene rings is 1. The first-order valence-electron chi connectivity index (χ1n) is 11.3. The highest BCUT2D eigenvalue weighted by molar-refractivity contribution is 5.94. The van der Waals surface area contributed by atoms with Crippen LogP contribution in [0, 0.1) is 11.8 Å². The van der Waals surface area contributed by atoms with Crippen LogP contribution in [-0.2, 0) is 0 Å². The van der Waals surface area contributed by atoms with Crippen molar-refractivity contribution in [2.75, 3.05) is 26.2 Å². The fraction of sp³-hybridized carbons (Fsp3) is 0.462. The molecule has 0 saturated carbocycles. The first-order valence-corrected chi connectivity index (χ1v) is 11.3. The van der Waals surface area contributed by atoms with E-state index in [4.69, 9.17) is 0 Å². The third kappa shape index (κ3) is 4.86. The fourth-order valence-corrected chi connectivity index (χ4v) is 4.82. The molecule has 2 fully saturated rings. The van der Waals surface area contributed by atoms with E-state index in [1.165, 1.54) is 0 Å². The number of amides is 1. The summed E-state index contributed by atoms with van der Waals surface area (Å²) in [7, 11) is 0. The zero-order valence-electron chi connectivity index (χ0n) is 18.7. The van der Waals surface area contributed by atoms with Crippen molar-refractivity contribution in [3.63, 3.8) is 0 Å². The molecule has 2 saturated heterocycles. The summed E-state index contributed by atoms with van der Waals surface area (Å²) in [6.45, 7) is 5.75. The van der Waals surface area contributed by atoms with Gasteiger partial charge in [-0.15, -0.1) is 0 Å². The van der Waals surface area contributed by atoms with E-state index in [-0.39, 0.29) is 30.5 Å². The maximum absolute atomic E-state index is 13.1. The molecule has 2 aromatic rings. The zero-order chi connectivity index (χ0) is 22.7. The summed E-state index contributed by atoms with van der Waals surface area (Å²) in [5.74, 6) is 6.04. The maximum atomic E-state index is 13.1. The first-order chi connectivity index (χ1) is 15.4. The molecule has 3 atom stereocenters. The van der Waals surface area contributed by atoms with Crippen molar-refractivity contribution >= 4 is 5.91 Å². The Morgan fingerprint density at radius 3 is 2.47 bits per heavy atom. The smallest absolute Gasteiger partial charge is 0.254 e. The Labute approximate surface area is 189 Å². The number of pyridine rings is 1. The Morgan fingerprint density at radius 1 is 1.12 bits per heavy atom. The van der Waals surface area contributed by atoms with Crippen LogP contribution < -0.4 is 0 Å². The third-order valence-electron chi connectivity index (χ3n) is 6.39. The van der Waals surface area contributed by atoms with Gasteiger partial charge in [-0.3, -0.25) is 14.7 Å². The van der Waals surface area contributed by atoms with E-state index in [1.54, 1.807) is 38.4 Å². The van der Waals surface area contributed by atoms with E-state index >= 15 is 0 Å². The lowest BCUT2D eigenvalue weighted by molar-refractivity contribution is -0.0606. The van der Waals surface area contributed by atoms with Crippen LogP contribution in [0.15, 0.2) is 48.8 Å². The van der Waals surface area contributed by atoms with Crippen molar-refractivity contribution < 1.29 is 15.0 Å². The SMILES string of the molecule is CC(C)(O)C#Cc1ccc([C@H]2[C@@H](CO)N3CCCCN(C(=O)c4ccncc4)C[C@H]23)cc1. The van der Waals surface area contributed by atoms with Gasteiger partial charge in [0.15, 0.2) is 0 Å². The molecular weight excluding hydrogens is 402 g/mol. The Kier molecular flexibility index (Phi) is 6.61. The van der Waals surface area contributed by atoms with Gasteiger partial charge in [-0.2, -0.15) is 0 Å². The lowest BCUT2D eigenvalue weighted by Gasteiger charge is -2.57. The number of rotatable bonds is 3. The lowest BCUT2D eigenvalue weighted by Crippen LogP contribution is -2.67. The summed E-state index contributed by atoms with van der Waals surface area (Å²) in [5, 5.41) is 19.9. The minimum atomic E-state index is -1.03. The fourth-order valence-electron chi connectivity index (χ4n) is 4.82. The second kappa shape index (κ2) is 9.41. The normalized spacial score (nSPS) is 23.8. The molecule has 2 aliphatic rings. The van der Waals surface area contributed by atoms with E-state index in [9.17, 15) is 15.0 Å². The molecule has 0 unspecified atom stereocenters. The van der Waals surface area contributed by atoms with Crippen LogP contribution in [0.5, 0.6) is 0 Å². The zero-order valence-corrected chi connectivity index (χ0v) is 18.7. The number of nitrogens with zero attached hydrogens (tertiary/aromatic N) is 3. The number of hydrogen-bond donors (Lipinski definition) is 2. The predicted molar refractivity (Wildman–Crippen MR) is 123 cm³/mol. The Balaban J connectivity index is 1.55. The average Bonchev–Trinajstić information content (AvgIpc) is 2.77. The molecule has 6 heteroatoms. The second-order valence-electron chi connectivity index (χ2n) is 9.21. The van der Waals surface area contributed by atoms with Gasteiger partial charge in [-0.05, 0) is 63.1 Å². The molecule has 1 aromatic heterocycles. The first kappa shape index (κ1) is 22.5. The molecule has 32 heavy (non-hydrogen) atoms. The molecule has 3 heterocycles. The van der Waals surface area contributed by atoms with Crippen LogP contribution in [0.2, 0.25) is 0 Å². The molecule has 0 bridgehead atoms. The largest absolute Gasteiger partial charge is 0.395 e. The van der Waals surface area contributed by atoms with Crippen LogP contribution in [0.1, 0.15) is 54.1 Å². The van der Waals surface area contributed by atoms with Gasteiger partial charge in [0.2, 0.25) is 0 Å². The summed E-state index contributed by atoms with van der Waals surface area (Å²) in [5.41, 5.74) is 1.63. The van der Waals surface area contributed by atoms with Gasteiger partial charge in [0.1, 0.15) is 5.60 Å². The molecule has 0 spiro atoms. The Morgan fingerprint density at radius 2 is 1.81 bits per heavy atom. The van der Waals surface area contributed by atoms with E-state index < -0.39 is 5.60 Å². The summed E-state index contributed by atoms with van der Waals surface area (Å²) < 4.78 is 0.